The molecule has 0 aliphatic heterocycles. The van der Waals surface area contributed by atoms with Crippen molar-refractivity contribution in [3.63, 3.8) is 0 Å². The first-order valence-corrected chi connectivity index (χ1v) is 22.8. The van der Waals surface area contributed by atoms with Crippen LogP contribution in [0.2, 0.25) is 0 Å². The standard InChI is InChI=1S/C58H44N6/c1-5-14-38(15-6-1)52-59-53(39-16-7-2-8-17-39)62-56(61-52)44-23-13-22-42(33-44)43-24-26-48-49-27-25-45(35-51(49)58(50(48)34-43)46-29-36-28-37(31-46)32-47(58)30-36)57-63-54(40-18-9-3-10-19-40)60-55(64-57)41-20-11-4-12-21-41/h1-27,33-37,46-47H,28-32H2. The number of benzene rings is 7. The molecule has 306 valence electrons. The van der Waals surface area contributed by atoms with Crippen molar-refractivity contribution in [3.05, 3.63) is 193 Å². The molecule has 0 atom stereocenters. The van der Waals surface area contributed by atoms with Crippen molar-refractivity contribution in [2.24, 2.45) is 23.7 Å². The normalized spacial score (nSPS) is 21.2. The molecule has 5 aliphatic carbocycles. The Hall–Kier alpha value is -7.44. The second-order valence-corrected chi connectivity index (χ2v) is 18.4. The third-order valence-electron chi connectivity index (χ3n) is 14.8. The Morgan fingerprint density at radius 1 is 0.281 bits per heavy atom. The average Bonchev–Trinajstić information content (AvgIpc) is 3.65. The Morgan fingerprint density at radius 2 is 0.594 bits per heavy atom. The molecule has 2 aromatic heterocycles. The number of hydrogen-bond donors (Lipinski definition) is 0. The molecule has 0 N–H and O–H groups in total. The zero-order valence-electron chi connectivity index (χ0n) is 35.3. The molecule has 0 radical (unpaired) electrons. The molecule has 6 heteroatoms. The van der Waals surface area contributed by atoms with E-state index >= 15 is 0 Å². The summed E-state index contributed by atoms with van der Waals surface area (Å²) in [7, 11) is 0. The molecule has 0 saturated heterocycles. The van der Waals surface area contributed by atoms with E-state index in [-0.39, 0.29) is 5.41 Å². The minimum atomic E-state index is -0.0668. The zero-order chi connectivity index (χ0) is 42.2. The van der Waals surface area contributed by atoms with Crippen LogP contribution in [0.1, 0.15) is 43.2 Å². The van der Waals surface area contributed by atoms with Gasteiger partial charge in [0.05, 0.1) is 0 Å². The van der Waals surface area contributed by atoms with E-state index < -0.39 is 0 Å². The van der Waals surface area contributed by atoms with Gasteiger partial charge in [0, 0.05) is 38.8 Å². The monoisotopic (exact) mass is 824 g/mol. The van der Waals surface area contributed by atoms with Gasteiger partial charge < -0.3 is 0 Å². The van der Waals surface area contributed by atoms with Gasteiger partial charge in [-0.2, -0.15) is 0 Å². The Balaban J connectivity index is 0.941. The molecule has 6 nitrogen and oxygen atoms in total. The van der Waals surface area contributed by atoms with Crippen molar-refractivity contribution in [1.29, 1.82) is 0 Å². The summed E-state index contributed by atoms with van der Waals surface area (Å²) in [6.45, 7) is 0. The first-order valence-electron chi connectivity index (χ1n) is 22.8. The average molecular weight is 825 g/mol. The summed E-state index contributed by atoms with van der Waals surface area (Å²) in [6.07, 6.45) is 6.59. The van der Waals surface area contributed by atoms with Gasteiger partial charge in [0.15, 0.2) is 34.9 Å². The van der Waals surface area contributed by atoms with Crippen LogP contribution in [0.4, 0.5) is 0 Å². The quantitative estimate of drug-likeness (QED) is 0.159. The van der Waals surface area contributed by atoms with Gasteiger partial charge in [-0.05, 0) is 107 Å². The van der Waals surface area contributed by atoms with Gasteiger partial charge in [0.25, 0.3) is 0 Å². The summed E-state index contributed by atoms with van der Waals surface area (Å²) in [5.41, 5.74) is 13.9. The minimum Gasteiger partial charge on any atom is -0.208 e. The SMILES string of the molecule is c1ccc(-c2nc(-c3ccccc3)nc(-c3cccc(-c4ccc5c(c4)C4(c6cc(-c7nc(-c8ccccc8)nc(-c8ccccc8)n7)ccc6-5)C5CC6CC(C5)CC4C6)c3)n2)cc1. The molecule has 9 aromatic rings. The van der Waals surface area contributed by atoms with Crippen LogP contribution >= 0.6 is 0 Å². The second kappa shape index (κ2) is 14.8. The van der Waals surface area contributed by atoms with Crippen molar-refractivity contribution in [3.8, 4) is 90.6 Å². The lowest BCUT2D eigenvalue weighted by Crippen LogP contribution is -2.55. The largest absolute Gasteiger partial charge is 0.208 e. The number of aromatic nitrogens is 6. The predicted molar refractivity (Wildman–Crippen MR) is 255 cm³/mol. The van der Waals surface area contributed by atoms with Crippen LogP contribution in [0.3, 0.4) is 0 Å². The maximum Gasteiger partial charge on any atom is 0.164 e. The highest BCUT2D eigenvalue weighted by Crippen LogP contribution is 2.69. The summed E-state index contributed by atoms with van der Waals surface area (Å²) in [4.78, 5) is 30.5. The number of hydrogen-bond acceptors (Lipinski definition) is 6. The van der Waals surface area contributed by atoms with E-state index in [9.17, 15) is 0 Å². The first-order chi connectivity index (χ1) is 31.6. The van der Waals surface area contributed by atoms with Crippen molar-refractivity contribution in [2.75, 3.05) is 0 Å². The van der Waals surface area contributed by atoms with E-state index in [1.54, 1.807) is 0 Å². The third-order valence-corrected chi connectivity index (χ3v) is 14.8. The van der Waals surface area contributed by atoms with E-state index in [0.29, 0.717) is 46.8 Å². The van der Waals surface area contributed by atoms with E-state index in [1.165, 1.54) is 59.9 Å². The van der Waals surface area contributed by atoms with Crippen LogP contribution in [0.5, 0.6) is 0 Å². The molecule has 4 saturated carbocycles. The summed E-state index contributed by atoms with van der Waals surface area (Å²) in [6, 6.07) is 64.1. The van der Waals surface area contributed by atoms with E-state index in [4.69, 9.17) is 29.9 Å². The Bertz CT molecular complexity index is 3080. The maximum atomic E-state index is 5.19. The molecular weight excluding hydrogens is 781 g/mol. The molecule has 1 spiro atoms. The Morgan fingerprint density at radius 3 is 1.02 bits per heavy atom. The summed E-state index contributed by atoms with van der Waals surface area (Å²) in [5, 5.41) is 0. The van der Waals surface area contributed by atoms with Gasteiger partial charge >= 0.3 is 0 Å². The second-order valence-electron chi connectivity index (χ2n) is 18.4. The molecule has 7 aromatic carbocycles. The smallest absolute Gasteiger partial charge is 0.164 e. The summed E-state index contributed by atoms with van der Waals surface area (Å²) in [5.74, 6) is 6.93. The fourth-order valence-electron chi connectivity index (χ4n) is 12.2. The van der Waals surface area contributed by atoms with Gasteiger partial charge in [-0.15, -0.1) is 0 Å². The van der Waals surface area contributed by atoms with Gasteiger partial charge in [0.2, 0.25) is 0 Å². The van der Waals surface area contributed by atoms with Crippen LogP contribution in [-0.4, -0.2) is 29.9 Å². The van der Waals surface area contributed by atoms with E-state index in [0.717, 1.165) is 50.8 Å². The van der Waals surface area contributed by atoms with Crippen molar-refractivity contribution < 1.29 is 0 Å². The van der Waals surface area contributed by atoms with Crippen LogP contribution in [-0.2, 0) is 5.41 Å². The van der Waals surface area contributed by atoms with Gasteiger partial charge in [-0.1, -0.05) is 164 Å². The van der Waals surface area contributed by atoms with Crippen molar-refractivity contribution in [1.82, 2.24) is 29.9 Å². The van der Waals surface area contributed by atoms with Crippen molar-refractivity contribution >= 4 is 0 Å². The fourth-order valence-corrected chi connectivity index (χ4v) is 12.2. The Labute approximate surface area is 373 Å². The van der Waals surface area contributed by atoms with Crippen LogP contribution in [0.25, 0.3) is 90.6 Å². The lowest BCUT2D eigenvalue weighted by atomic mass is 9.43. The van der Waals surface area contributed by atoms with Crippen molar-refractivity contribution in [2.45, 2.75) is 37.5 Å². The molecule has 2 heterocycles. The molecule has 64 heavy (non-hydrogen) atoms. The maximum absolute atomic E-state index is 5.19. The topological polar surface area (TPSA) is 77.3 Å². The van der Waals surface area contributed by atoms with E-state index in [1.807, 2.05) is 72.8 Å². The molecular formula is C58H44N6. The molecule has 4 fully saturated rings. The number of nitrogens with zero attached hydrogens (tertiary/aromatic N) is 6. The zero-order valence-corrected chi connectivity index (χ0v) is 35.3. The molecule has 5 aliphatic rings. The van der Waals surface area contributed by atoms with Crippen LogP contribution < -0.4 is 0 Å². The minimum absolute atomic E-state index is 0.0668. The highest BCUT2D eigenvalue weighted by atomic mass is 15.0. The third kappa shape index (κ3) is 6.07. The summed E-state index contributed by atoms with van der Waals surface area (Å²) >= 11 is 0. The predicted octanol–water partition coefficient (Wildman–Crippen LogP) is 13.4. The molecule has 4 bridgehead atoms. The molecule has 0 amide bonds. The van der Waals surface area contributed by atoms with Crippen LogP contribution in [0.15, 0.2) is 182 Å². The highest BCUT2D eigenvalue weighted by Gasteiger charge is 2.61. The molecule has 14 rings (SSSR count). The lowest BCUT2D eigenvalue weighted by molar-refractivity contribution is -0.0399. The molecule has 0 unspecified atom stereocenters. The first kappa shape index (κ1) is 37.1. The number of rotatable bonds is 7. The van der Waals surface area contributed by atoms with E-state index in [2.05, 4.69) is 109 Å². The van der Waals surface area contributed by atoms with Gasteiger partial charge in [-0.25, -0.2) is 29.9 Å². The lowest BCUT2D eigenvalue weighted by Gasteiger charge is -2.61. The Kier molecular flexibility index (Phi) is 8.61. The number of fused-ring (bicyclic) bond motifs is 3. The fraction of sp³-hybridized carbons (Fsp3) is 0.172. The summed E-state index contributed by atoms with van der Waals surface area (Å²) < 4.78 is 0. The highest BCUT2D eigenvalue weighted by molar-refractivity contribution is 5.87. The van der Waals surface area contributed by atoms with Gasteiger partial charge in [-0.3, -0.25) is 0 Å². The van der Waals surface area contributed by atoms with Crippen LogP contribution in [0, 0.1) is 23.7 Å². The van der Waals surface area contributed by atoms with Gasteiger partial charge in [0.1, 0.15) is 0 Å².